The van der Waals surface area contributed by atoms with Gasteiger partial charge in [0.25, 0.3) is 0 Å². The second kappa shape index (κ2) is 5.84. The van der Waals surface area contributed by atoms with Crippen LogP contribution in [0, 0.1) is 0 Å². The van der Waals surface area contributed by atoms with Crippen molar-refractivity contribution in [1.82, 2.24) is 0 Å². The van der Waals surface area contributed by atoms with Crippen LogP contribution >= 0.6 is 15.9 Å². The Balaban J connectivity index is 2.56. The molecule has 2 aromatic carbocycles. The largest absolute Gasteiger partial charge is 0.464 e. The second-order valence-electron chi connectivity index (χ2n) is 3.95. The summed E-state index contributed by atoms with van der Waals surface area (Å²) in [5.74, 6) is -0.444. The molecule has 0 spiro atoms. The summed E-state index contributed by atoms with van der Waals surface area (Å²) in [5, 5.41) is 11.4. The minimum Gasteiger partial charge on any atom is -0.464 e. The van der Waals surface area contributed by atoms with Crippen LogP contribution in [0.5, 0.6) is 0 Å². The molecule has 0 saturated carbocycles. The Morgan fingerprint density at radius 2 is 1.79 bits per heavy atom. The van der Waals surface area contributed by atoms with Crippen molar-refractivity contribution in [2.24, 2.45) is 0 Å². The first-order valence-corrected chi connectivity index (χ1v) is 6.87. The fraction of sp³-hybridized carbons (Fsp3) is 0.143. The van der Waals surface area contributed by atoms with Crippen molar-refractivity contribution in [2.75, 3.05) is 10.2 Å². The molecule has 98 valence electrons. The van der Waals surface area contributed by atoms with E-state index >= 15 is 0 Å². The second-order valence-corrected chi connectivity index (χ2v) is 4.74. The Labute approximate surface area is 118 Å². The molecule has 19 heavy (non-hydrogen) atoms. The van der Waals surface area contributed by atoms with Crippen molar-refractivity contribution in [3.8, 4) is 0 Å². The molecule has 0 atom stereocenters. The van der Waals surface area contributed by atoms with E-state index in [4.69, 9.17) is 0 Å². The van der Waals surface area contributed by atoms with E-state index in [9.17, 15) is 14.7 Å². The lowest BCUT2D eigenvalue weighted by molar-refractivity contribution is -0.117. The van der Waals surface area contributed by atoms with Crippen molar-refractivity contribution in [3.05, 3.63) is 42.5 Å². The zero-order chi connectivity index (χ0) is 13.8. The number of anilines is 1. The molecular weight excluding hydrogens is 310 g/mol. The zero-order valence-electron chi connectivity index (χ0n) is 10.0. The number of nitrogens with zero attached hydrogens (tertiary/aromatic N) is 1. The predicted molar refractivity (Wildman–Crippen MR) is 77.9 cm³/mol. The number of benzene rings is 2. The maximum absolute atomic E-state index is 11.9. The molecule has 0 aliphatic rings. The normalized spacial score (nSPS) is 10.4. The van der Waals surface area contributed by atoms with Crippen LogP contribution in [-0.4, -0.2) is 22.4 Å². The molecule has 0 unspecified atom stereocenters. The maximum Gasteiger partial charge on any atom is 0.418 e. The molecule has 2 aromatic rings. The van der Waals surface area contributed by atoms with Crippen LogP contribution in [0.1, 0.15) is 6.42 Å². The van der Waals surface area contributed by atoms with Gasteiger partial charge in [-0.2, -0.15) is 0 Å². The standard InChI is InChI=1S/C14H12BrNO3/c15-9-8-13(17)16(14(18)19)12-7-3-5-10-4-1-2-6-11(10)12/h1-7H,8-9H2,(H,18,19). The number of hydrogen-bond donors (Lipinski definition) is 1. The fourth-order valence-corrected chi connectivity index (χ4v) is 2.28. The van der Waals surface area contributed by atoms with Crippen LogP contribution in [0.25, 0.3) is 10.8 Å². The van der Waals surface area contributed by atoms with Crippen molar-refractivity contribution < 1.29 is 14.7 Å². The van der Waals surface area contributed by atoms with Gasteiger partial charge < -0.3 is 5.11 Å². The van der Waals surface area contributed by atoms with E-state index < -0.39 is 12.0 Å². The van der Waals surface area contributed by atoms with Gasteiger partial charge in [0.1, 0.15) is 0 Å². The topological polar surface area (TPSA) is 57.6 Å². The molecule has 5 heteroatoms. The SMILES string of the molecule is O=C(O)N(C(=O)CCBr)c1cccc2ccccc12. The summed E-state index contributed by atoms with van der Waals surface area (Å²) in [5.41, 5.74) is 0.400. The molecule has 0 aliphatic carbocycles. The molecule has 0 aliphatic heterocycles. The van der Waals surface area contributed by atoms with E-state index in [0.29, 0.717) is 11.0 Å². The highest BCUT2D eigenvalue weighted by Gasteiger charge is 2.23. The summed E-state index contributed by atoms with van der Waals surface area (Å²) in [4.78, 5) is 24.1. The third-order valence-electron chi connectivity index (χ3n) is 2.76. The Morgan fingerprint density at radius 1 is 1.11 bits per heavy atom. The van der Waals surface area contributed by atoms with E-state index in [0.717, 1.165) is 15.7 Å². The van der Waals surface area contributed by atoms with Crippen LogP contribution in [0.4, 0.5) is 10.5 Å². The molecule has 0 aromatic heterocycles. The van der Waals surface area contributed by atoms with E-state index in [-0.39, 0.29) is 6.42 Å². The lowest BCUT2D eigenvalue weighted by Gasteiger charge is -2.18. The lowest BCUT2D eigenvalue weighted by Crippen LogP contribution is -2.36. The summed E-state index contributed by atoms with van der Waals surface area (Å²) >= 11 is 3.15. The van der Waals surface area contributed by atoms with Gasteiger partial charge in [-0.15, -0.1) is 0 Å². The number of fused-ring (bicyclic) bond motifs is 1. The number of imide groups is 1. The first-order valence-electron chi connectivity index (χ1n) is 5.74. The van der Waals surface area contributed by atoms with E-state index in [1.165, 1.54) is 0 Å². The molecule has 4 nitrogen and oxygen atoms in total. The van der Waals surface area contributed by atoms with Crippen molar-refractivity contribution in [3.63, 3.8) is 0 Å². The van der Waals surface area contributed by atoms with Crippen LogP contribution in [0.2, 0.25) is 0 Å². The lowest BCUT2D eigenvalue weighted by atomic mass is 10.1. The van der Waals surface area contributed by atoms with Gasteiger partial charge in [0, 0.05) is 17.1 Å². The third kappa shape index (κ3) is 2.76. The van der Waals surface area contributed by atoms with Gasteiger partial charge in [0.05, 0.1) is 5.69 Å². The smallest absolute Gasteiger partial charge is 0.418 e. The monoisotopic (exact) mass is 321 g/mol. The average Bonchev–Trinajstić information content (AvgIpc) is 2.39. The quantitative estimate of drug-likeness (QED) is 0.878. The van der Waals surface area contributed by atoms with Crippen LogP contribution in [0.15, 0.2) is 42.5 Å². The maximum atomic E-state index is 11.9. The number of alkyl halides is 1. The van der Waals surface area contributed by atoms with Gasteiger partial charge >= 0.3 is 6.09 Å². The number of rotatable bonds is 3. The average molecular weight is 322 g/mol. The minimum atomic E-state index is -1.26. The number of carbonyl (C=O) groups excluding carboxylic acids is 1. The van der Waals surface area contributed by atoms with Gasteiger partial charge in [0.2, 0.25) is 5.91 Å². The van der Waals surface area contributed by atoms with Gasteiger partial charge in [-0.1, -0.05) is 52.3 Å². The Hall–Kier alpha value is -1.88. The highest BCUT2D eigenvalue weighted by atomic mass is 79.9. The summed E-state index contributed by atoms with van der Waals surface area (Å²) in [6.07, 6.45) is -1.13. The van der Waals surface area contributed by atoms with Gasteiger partial charge in [-0.3, -0.25) is 4.79 Å². The number of halogens is 1. The first-order chi connectivity index (χ1) is 9.15. The molecule has 2 rings (SSSR count). The summed E-state index contributed by atoms with van der Waals surface area (Å²) in [6, 6.07) is 12.7. The van der Waals surface area contributed by atoms with E-state index in [1.54, 1.807) is 12.1 Å². The highest BCUT2D eigenvalue weighted by molar-refractivity contribution is 9.09. The van der Waals surface area contributed by atoms with Crippen LogP contribution in [0.3, 0.4) is 0 Å². The first kappa shape index (κ1) is 13.5. The van der Waals surface area contributed by atoms with Crippen molar-refractivity contribution >= 4 is 44.4 Å². The fourth-order valence-electron chi connectivity index (χ4n) is 1.94. The molecular formula is C14H12BrNO3. The van der Waals surface area contributed by atoms with Gasteiger partial charge in [-0.25, -0.2) is 9.69 Å². The van der Waals surface area contributed by atoms with E-state index in [1.807, 2.05) is 30.3 Å². The van der Waals surface area contributed by atoms with E-state index in [2.05, 4.69) is 15.9 Å². The van der Waals surface area contributed by atoms with Gasteiger partial charge in [-0.05, 0) is 11.5 Å². The number of carboxylic acid groups (broad SMARTS) is 1. The molecule has 2 amide bonds. The van der Waals surface area contributed by atoms with Crippen LogP contribution < -0.4 is 4.90 Å². The summed E-state index contributed by atoms with van der Waals surface area (Å²) in [7, 11) is 0. The number of hydrogen-bond acceptors (Lipinski definition) is 2. The van der Waals surface area contributed by atoms with Gasteiger partial charge in [0.15, 0.2) is 0 Å². The number of carbonyl (C=O) groups is 2. The highest BCUT2D eigenvalue weighted by Crippen LogP contribution is 2.27. The molecule has 0 fully saturated rings. The molecule has 0 radical (unpaired) electrons. The summed E-state index contributed by atoms with van der Waals surface area (Å²) < 4.78 is 0. The molecule has 0 bridgehead atoms. The third-order valence-corrected chi connectivity index (χ3v) is 3.15. The summed E-state index contributed by atoms with van der Waals surface area (Å²) in [6.45, 7) is 0. The Bertz CT molecular complexity index is 622. The van der Waals surface area contributed by atoms with Crippen LogP contribution in [-0.2, 0) is 4.79 Å². The van der Waals surface area contributed by atoms with Crippen molar-refractivity contribution in [1.29, 1.82) is 0 Å². The molecule has 0 heterocycles. The molecule has 1 N–H and O–H groups in total. The van der Waals surface area contributed by atoms with Crippen molar-refractivity contribution in [2.45, 2.75) is 6.42 Å². The minimum absolute atomic E-state index is 0.134. The zero-order valence-corrected chi connectivity index (χ0v) is 11.6. The Morgan fingerprint density at radius 3 is 2.47 bits per heavy atom. The number of amides is 2. The molecule has 0 saturated heterocycles. The predicted octanol–water partition coefficient (Wildman–Crippen LogP) is 3.64. The Kier molecular flexibility index (Phi) is 4.16.